The van der Waals surface area contributed by atoms with Crippen molar-refractivity contribution in [2.45, 2.75) is 19.4 Å². The zero-order chi connectivity index (χ0) is 7.82. The Bertz CT molecular complexity index is 65.9. The minimum atomic E-state index is 0.554. The summed E-state index contributed by atoms with van der Waals surface area (Å²) in [5, 5.41) is 6.41. The highest BCUT2D eigenvalue weighted by molar-refractivity contribution is 4.60. The second-order valence-electron chi connectivity index (χ2n) is 2.54. The molecule has 0 aliphatic heterocycles. The predicted molar refractivity (Wildman–Crippen MR) is 45.1 cm³/mol. The Balaban J connectivity index is 2.97. The van der Waals surface area contributed by atoms with Crippen LogP contribution in [0.1, 0.15) is 13.3 Å². The van der Waals surface area contributed by atoms with Gasteiger partial charge in [-0.25, -0.2) is 0 Å². The van der Waals surface area contributed by atoms with Crippen molar-refractivity contribution in [1.82, 2.24) is 10.6 Å². The molecule has 1 unspecified atom stereocenters. The van der Waals surface area contributed by atoms with Crippen molar-refractivity contribution in [2.24, 2.45) is 5.73 Å². The molecule has 0 aliphatic rings. The molecule has 3 nitrogen and oxygen atoms in total. The van der Waals surface area contributed by atoms with Crippen molar-refractivity contribution in [2.75, 3.05) is 26.7 Å². The number of hydrogen-bond acceptors (Lipinski definition) is 3. The Morgan fingerprint density at radius 1 is 1.40 bits per heavy atom. The van der Waals surface area contributed by atoms with E-state index < -0.39 is 0 Å². The van der Waals surface area contributed by atoms with Crippen LogP contribution in [-0.2, 0) is 0 Å². The van der Waals surface area contributed by atoms with Crippen LogP contribution in [0.5, 0.6) is 0 Å². The lowest BCUT2D eigenvalue weighted by atomic mass is 10.2. The number of nitrogens with two attached hydrogens (primary N) is 1. The summed E-state index contributed by atoms with van der Waals surface area (Å²) >= 11 is 0. The summed E-state index contributed by atoms with van der Waals surface area (Å²) < 4.78 is 0. The monoisotopic (exact) mass is 145 g/mol. The summed E-state index contributed by atoms with van der Waals surface area (Å²) in [5.41, 5.74) is 5.38. The molecule has 4 N–H and O–H groups in total. The lowest BCUT2D eigenvalue weighted by molar-refractivity contribution is 0.515. The minimum absolute atomic E-state index is 0.554. The molecule has 0 saturated carbocycles. The van der Waals surface area contributed by atoms with E-state index in [9.17, 15) is 0 Å². The van der Waals surface area contributed by atoms with Gasteiger partial charge < -0.3 is 16.4 Å². The van der Waals surface area contributed by atoms with Crippen LogP contribution in [0.15, 0.2) is 0 Å². The highest BCUT2D eigenvalue weighted by Gasteiger charge is 1.96. The Labute approximate surface area is 63.4 Å². The fourth-order valence-electron chi connectivity index (χ4n) is 0.796. The van der Waals surface area contributed by atoms with Crippen molar-refractivity contribution in [3.63, 3.8) is 0 Å². The van der Waals surface area contributed by atoms with E-state index in [2.05, 4.69) is 17.6 Å². The first-order valence-electron chi connectivity index (χ1n) is 3.89. The summed E-state index contributed by atoms with van der Waals surface area (Å²) in [5.74, 6) is 0. The third-order valence-electron chi connectivity index (χ3n) is 1.47. The van der Waals surface area contributed by atoms with Crippen LogP contribution in [0.4, 0.5) is 0 Å². The quantitative estimate of drug-likeness (QED) is 0.443. The highest BCUT2D eigenvalue weighted by atomic mass is 14.9. The maximum Gasteiger partial charge on any atom is 0.00791 e. The van der Waals surface area contributed by atoms with E-state index in [0.29, 0.717) is 6.04 Å². The van der Waals surface area contributed by atoms with Crippen molar-refractivity contribution >= 4 is 0 Å². The van der Waals surface area contributed by atoms with Crippen LogP contribution < -0.4 is 16.4 Å². The average Bonchev–Trinajstić information content (AvgIpc) is 1.89. The van der Waals surface area contributed by atoms with Gasteiger partial charge in [-0.1, -0.05) is 0 Å². The molecule has 0 saturated heterocycles. The van der Waals surface area contributed by atoms with Crippen molar-refractivity contribution in [3.8, 4) is 0 Å². The summed E-state index contributed by atoms with van der Waals surface area (Å²) in [4.78, 5) is 0. The second-order valence-corrected chi connectivity index (χ2v) is 2.54. The maximum atomic E-state index is 5.38. The smallest absolute Gasteiger partial charge is 0.00791 e. The molecular formula is C7H19N3. The lowest BCUT2D eigenvalue weighted by Crippen LogP contribution is -2.33. The van der Waals surface area contributed by atoms with E-state index in [0.717, 1.165) is 26.1 Å². The molecular weight excluding hydrogens is 126 g/mol. The normalized spacial score (nSPS) is 13.5. The summed E-state index contributed by atoms with van der Waals surface area (Å²) in [7, 11) is 1.95. The topological polar surface area (TPSA) is 50.1 Å². The summed E-state index contributed by atoms with van der Waals surface area (Å²) in [6.07, 6.45) is 1.06. The first-order valence-corrected chi connectivity index (χ1v) is 3.89. The first-order chi connectivity index (χ1) is 4.81. The van der Waals surface area contributed by atoms with Gasteiger partial charge in [0.25, 0.3) is 0 Å². The standard InChI is InChI=1S/C7H19N3/c1-7(3-4-8)10-6-5-9-2/h7,9-10H,3-6,8H2,1-2H3. The minimum Gasteiger partial charge on any atom is -0.330 e. The molecule has 0 amide bonds. The third-order valence-corrected chi connectivity index (χ3v) is 1.47. The summed E-state index contributed by atoms with van der Waals surface area (Å²) in [6.45, 7) is 4.98. The Morgan fingerprint density at radius 3 is 2.60 bits per heavy atom. The van der Waals surface area contributed by atoms with Gasteiger partial charge in [-0.15, -0.1) is 0 Å². The fraction of sp³-hybridized carbons (Fsp3) is 1.00. The molecule has 1 atom stereocenters. The Morgan fingerprint density at radius 2 is 2.10 bits per heavy atom. The van der Waals surface area contributed by atoms with Gasteiger partial charge in [0.1, 0.15) is 0 Å². The molecule has 10 heavy (non-hydrogen) atoms. The van der Waals surface area contributed by atoms with Gasteiger partial charge in [-0.2, -0.15) is 0 Å². The molecule has 0 rings (SSSR count). The Kier molecular flexibility index (Phi) is 6.91. The van der Waals surface area contributed by atoms with Gasteiger partial charge in [0.2, 0.25) is 0 Å². The van der Waals surface area contributed by atoms with E-state index in [1.807, 2.05) is 7.05 Å². The predicted octanol–water partition coefficient (Wildman–Crippen LogP) is -0.467. The van der Waals surface area contributed by atoms with Gasteiger partial charge in [0, 0.05) is 19.1 Å². The van der Waals surface area contributed by atoms with Crippen LogP contribution in [-0.4, -0.2) is 32.7 Å². The van der Waals surface area contributed by atoms with Crippen molar-refractivity contribution in [1.29, 1.82) is 0 Å². The van der Waals surface area contributed by atoms with E-state index in [1.54, 1.807) is 0 Å². The van der Waals surface area contributed by atoms with Crippen LogP contribution in [0.2, 0.25) is 0 Å². The molecule has 62 valence electrons. The van der Waals surface area contributed by atoms with E-state index in [4.69, 9.17) is 5.73 Å². The SMILES string of the molecule is CNCCNC(C)CCN. The number of nitrogens with one attached hydrogen (secondary N) is 2. The zero-order valence-corrected chi connectivity index (χ0v) is 6.98. The van der Waals surface area contributed by atoms with Crippen LogP contribution in [0, 0.1) is 0 Å². The molecule has 0 fully saturated rings. The molecule has 3 heteroatoms. The van der Waals surface area contributed by atoms with Crippen molar-refractivity contribution < 1.29 is 0 Å². The van der Waals surface area contributed by atoms with E-state index >= 15 is 0 Å². The van der Waals surface area contributed by atoms with Gasteiger partial charge in [0.15, 0.2) is 0 Å². The lowest BCUT2D eigenvalue weighted by Gasteiger charge is -2.11. The van der Waals surface area contributed by atoms with Gasteiger partial charge in [-0.3, -0.25) is 0 Å². The zero-order valence-electron chi connectivity index (χ0n) is 6.98. The van der Waals surface area contributed by atoms with E-state index in [1.165, 1.54) is 0 Å². The van der Waals surface area contributed by atoms with Crippen LogP contribution in [0.3, 0.4) is 0 Å². The molecule has 0 aromatic carbocycles. The van der Waals surface area contributed by atoms with Gasteiger partial charge >= 0.3 is 0 Å². The summed E-state index contributed by atoms with van der Waals surface area (Å²) in [6, 6.07) is 0.554. The van der Waals surface area contributed by atoms with Gasteiger partial charge in [-0.05, 0) is 26.9 Å². The Hall–Kier alpha value is -0.120. The first kappa shape index (κ1) is 9.88. The maximum absolute atomic E-state index is 5.38. The largest absolute Gasteiger partial charge is 0.330 e. The van der Waals surface area contributed by atoms with Crippen LogP contribution in [0.25, 0.3) is 0 Å². The van der Waals surface area contributed by atoms with Crippen molar-refractivity contribution in [3.05, 3.63) is 0 Å². The van der Waals surface area contributed by atoms with Gasteiger partial charge in [0.05, 0.1) is 0 Å². The third kappa shape index (κ3) is 6.01. The molecule has 0 spiro atoms. The number of rotatable bonds is 6. The molecule has 0 bridgehead atoms. The molecule has 0 aromatic heterocycles. The molecule has 0 aromatic rings. The van der Waals surface area contributed by atoms with E-state index in [-0.39, 0.29) is 0 Å². The van der Waals surface area contributed by atoms with Crippen LogP contribution >= 0.6 is 0 Å². The molecule has 0 radical (unpaired) electrons. The highest BCUT2D eigenvalue weighted by Crippen LogP contribution is 1.84. The average molecular weight is 145 g/mol. The number of hydrogen-bond donors (Lipinski definition) is 3. The fourth-order valence-corrected chi connectivity index (χ4v) is 0.796. The second kappa shape index (κ2) is 6.99. The molecule has 0 heterocycles. The molecule has 0 aliphatic carbocycles. The number of likely N-dealkylation sites (N-methyl/N-ethyl adjacent to an activating group) is 1.